The molecular formula is C24H28N2O3S. The van der Waals surface area contributed by atoms with Gasteiger partial charge in [0.15, 0.2) is 0 Å². The van der Waals surface area contributed by atoms with Gasteiger partial charge in [0, 0.05) is 19.0 Å². The van der Waals surface area contributed by atoms with Crippen LogP contribution in [-0.2, 0) is 29.1 Å². The lowest BCUT2D eigenvalue weighted by atomic mass is 10.1. The minimum absolute atomic E-state index is 0.0687. The van der Waals surface area contributed by atoms with Crippen molar-refractivity contribution in [2.75, 3.05) is 20.3 Å². The van der Waals surface area contributed by atoms with Gasteiger partial charge in [0.25, 0.3) is 0 Å². The third-order valence-corrected chi connectivity index (χ3v) is 5.78. The van der Waals surface area contributed by atoms with Gasteiger partial charge in [-0.05, 0) is 42.7 Å². The summed E-state index contributed by atoms with van der Waals surface area (Å²) in [6, 6.07) is 15.9. The standard InChI is InChI=1S/C24H28N2O3S/c1-18-9-10-22(13-19(18)2)29-16-23-25-21(17-30-23)15-26(11-12-28-3)24(27)14-20-7-5-4-6-8-20/h4-10,13,17H,11-12,14-16H2,1-3H3. The third-order valence-electron chi connectivity index (χ3n) is 4.91. The number of amides is 1. The maximum absolute atomic E-state index is 12.8. The molecule has 3 rings (SSSR count). The normalized spacial score (nSPS) is 10.8. The van der Waals surface area contributed by atoms with Crippen molar-refractivity contribution in [1.82, 2.24) is 9.88 Å². The zero-order valence-corrected chi connectivity index (χ0v) is 18.6. The molecule has 2 aromatic carbocycles. The van der Waals surface area contributed by atoms with Crippen molar-refractivity contribution < 1.29 is 14.3 Å². The SMILES string of the molecule is COCCN(Cc1csc(COc2ccc(C)c(C)c2)n1)C(=O)Cc1ccccc1. The maximum atomic E-state index is 12.8. The van der Waals surface area contributed by atoms with E-state index in [1.807, 2.05) is 47.8 Å². The highest BCUT2D eigenvalue weighted by Gasteiger charge is 2.16. The van der Waals surface area contributed by atoms with E-state index in [1.54, 1.807) is 23.3 Å². The van der Waals surface area contributed by atoms with Gasteiger partial charge >= 0.3 is 0 Å². The van der Waals surface area contributed by atoms with Crippen LogP contribution in [0.25, 0.3) is 0 Å². The van der Waals surface area contributed by atoms with Crippen LogP contribution < -0.4 is 4.74 Å². The minimum Gasteiger partial charge on any atom is -0.486 e. The second-order valence-corrected chi connectivity index (χ2v) is 8.18. The van der Waals surface area contributed by atoms with Crippen LogP contribution in [0.2, 0.25) is 0 Å². The number of ether oxygens (including phenoxy) is 2. The Kier molecular flexibility index (Phi) is 7.99. The van der Waals surface area contributed by atoms with E-state index in [-0.39, 0.29) is 5.91 Å². The second-order valence-electron chi connectivity index (χ2n) is 7.24. The molecule has 1 heterocycles. The number of rotatable bonds is 10. The van der Waals surface area contributed by atoms with Crippen LogP contribution in [0.4, 0.5) is 0 Å². The molecule has 3 aromatic rings. The number of benzene rings is 2. The Bertz CT molecular complexity index is 956. The number of thiazole rings is 1. The molecule has 158 valence electrons. The summed E-state index contributed by atoms with van der Waals surface area (Å²) in [6.07, 6.45) is 0.372. The predicted octanol–water partition coefficient (Wildman–Crippen LogP) is 4.56. The predicted molar refractivity (Wildman–Crippen MR) is 120 cm³/mol. The third kappa shape index (κ3) is 6.40. The summed E-state index contributed by atoms with van der Waals surface area (Å²) in [7, 11) is 1.64. The first kappa shape index (κ1) is 22.0. The molecule has 0 atom stereocenters. The highest BCUT2D eigenvalue weighted by Crippen LogP contribution is 2.19. The van der Waals surface area contributed by atoms with Crippen LogP contribution in [0.1, 0.15) is 27.4 Å². The Morgan fingerprint density at radius 3 is 2.63 bits per heavy atom. The number of hydrogen-bond acceptors (Lipinski definition) is 5. The first-order valence-corrected chi connectivity index (χ1v) is 10.9. The van der Waals surface area contributed by atoms with Gasteiger partial charge in [-0.2, -0.15) is 0 Å². The summed E-state index contributed by atoms with van der Waals surface area (Å²) < 4.78 is 11.1. The topological polar surface area (TPSA) is 51.7 Å². The lowest BCUT2D eigenvalue weighted by Crippen LogP contribution is -2.34. The highest BCUT2D eigenvalue weighted by molar-refractivity contribution is 7.09. The summed E-state index contributed by atoms with van der Waals surface area (Å²) in [5, 5.41) is 2.89. The molecule has 0 aliphatic rings. The summed E-state index contributed by atoms with van der Waals surface area (Å²) in [4.78, 5) is 19.3. The van der Waals surface area contributed by atoms with Crippen LogP contribution in [0, 0.1) is 13.8 Å². The van der Waals surface area contributed by atoms with Gasteiger partial charge < -0.3 is 14.4 Å². The summed E-state index contributed by atoms with van der Waals surface area (Å²) in [5.74, 6) is 0.911. The van der Waals surface area contributed by atoms with Crippen molar-refractivity contribution in [3.05, 3.63) is 81.3 Å². The van der Waals surface area contributed by atoms with Gasteiger partial charge in [0.2, 0.25) is 5.91 Å². The minimum atomic E-state index is 0.0687. The van der Waals surface area contributed by atoms with E-state index in [4.69, 9.17) is 9.47 Å². The molecule has 0 saturated heterocycles. The molecule has 0 aliphatic heterocycles. The molecule has 5 nitrogen and oxygen atoms in total. The van der Waals surface area contributed by atoms with Gasteiger partial charge in [-0.15, -0.1) is 11.3 Å². The number of carbonyl (C=O) groups excluding carboxylic acids is 1. The van der Waals surface area contributed by atoms with E-state index in [9.17, 15) is 4.79 Å². The molecule has 30 heavy (non-hydrogen) atoms. The smallest absolute Gasteiger partial charge is 0.227 e. The average molecular weight is 425 g/mol. The van der Waals surface area contributed by atoms with Crippen LogP contribution in [0.15, 0.2) is 53.9 Å². The zero-order chi connectivity index (χ0) is 21.3. The van der Waals surface area contributed by atoms with Crippen molar-refractivity contribution in [2.45, 2.75) is 33.4 Å². The molecule has 1 aromatic heterocycles. The molecule has 0 N–H and O–H groups in total. The Balaban J connectivity index is 1.60. The molecule has 1 amide bonds. The number of hydrogen-bond donors (Lipinski definition) is 0. The van der Waals surface area contributed by atoms with Crippen LogP contribution in [-0.4, -0.2) is 36.1 Å². The summed E-state index contributed by atoms with van der Waals surface area (Å²) in [6.45, 7) is 6.07. The Morgan fingerprint density at radius 1 is 1.10 bits per heavy atom. The van der Waals surface area contributed by atoms with Gasteiger partial charge in [-0.25, -0.2) is 4.98 Å². The number of aryl methyl sites for hydroxylation is 2. The Morgan fingerprint density at radius 2 is 1.90 bits per heavy atom. The van der Waals surface area contributed by atoms with E-state index in [0.29, 0.717) is 32.7 Å². The highest BCUT2D eigenvalue weighted by atomic mass is 32.1. The van der Waals surface area contributed by atoms with Crippen LogP contribution >= 0.6 is 11.3 Å². The fourth-order valence-electron chi connectivity index (χ4n) is 3.01. The molecule has 0 saturated carbocycles. The molecular weight excluding hydrogens is 396 g/mol. The summed E-state index contributed by atoms with van der Waals surface area (Å²) >= 11 is 1.55. The number of carbonyl (C=O) groups is 1. The van der Waals surface area contributed by atoms with E-state index in [0.717, 1.165) is 22.0 Å². The first-order chi connectivity index (χ1) is 14.5. The van der Waals surface area contributed by atoms with Crippen LogP contribution in [0.3, 0.4) is 0 Å². The molecule has 0 bridgehead atoms. The largest absolute Gasteiger partial charge is 0.486 e. The van der Waals surface area contributed by atoms with Crippen molar-refractivity contribution in [1.29, 1.82) is 0 Å². The lowest BCUT2D eigenvalue weighted by molar-refractivity contribution is -0.131. The monoisotopic (exact) mass is 424 g/mol. The number of nitrogens with zero attached hydrogens (tertiary/aromatic N) is 2. The molecule has 0 spiro atoms. The molecule has 0 aliphatic carbocycles. The van der Waals surface area contributed by atoms with Crippen molar-refractivity contribution in [3.63, 3.8) is 0 Å². The van der Waals surface area contributed by atoms with E-state index in [2.05, 4.69) is 24.9 Å². The van der Waals surface area contributed by atoms with Gasteiger partial charge in [0.1, 0.15) is 17.4 Å². The van der Waals surface area contributed by atoms with Gasteiger partial charge in [-0.1, -0.05) is 36.4 Å². The summed E-state index contributed by atoms with van der Waals surface area (Å²) in [5.41, 5.74) is 4.33. The molecule has 0 unspecified atom stereocenters. The lowest BCUT2D eigenvalue weighted by Gasteiger charge is -2.21. The van der Waals surface area contributed by atoms with Crippen molar-refractivity contribution in [3.8, 4) is 5.75 Å². The molecule has 0 radical (unpaired) electrons. The fourth-order valence-corrected chi connectivity index (χ4v) is 3.70. The second kappa shape index (κ2) is 10.9. The number of methoxy groups -OCH3 is 1. The maximum Gasteiger partial charge on any atom is 0.227 e. The van der Waals surface area contributed by atoms with Crippen molar-refractivity contribution in [2.24, 2.45) is 0 Å². The average Bonchev–Trinajstić information content (AvgIpc) is 3.20. The zero-order valence-electron chi connectivity index (χ0n) is 17.8. The molecule has 0 fully saturated rings. The van der Waals surface area contributed by atoms with Crippen molar-refractivity contribution >= 4 is 17.2 Å². The quantitative estimate of drug-likeness (QED) is 0.479. The van der Waals surface area contributed by atoms with E-state index >= 15 is 0 Å². The van der Waals surface area contributed by atoms with E-state index in [1.165, 1.54) is 11.1 Å². The number of aromatic nitrogens is 1. The van der Waals surface area contributed by atoms with Crippen LogP contribution in [0.5, 0.6) is 5.75 Å². The fraction of sp³-hybridized carbons (Fsp3) is 0.333. The Hall–Kier alpha value is -2.70. The Labute approximate surface area is 182 Å². The first-order valence-electron chi connectivity index (χ1n) is 9.99. The van der Waals surface area contributed by atoms with E-state index < -0.39 is 0 Å². The molecule has 6 heteroatoms. The van der Waals surface area contributed by atoms with Gasteiger partial charge in [-0.3, -0.25) is 4.79 Å². The van der Waals surface area contributed by atoms with Gasteiger partial charge in [0.05, 0.1) is 25.3 Å².